The van der Waals surface area contributed by atoms with Crippen LogP contribution in [0.5, 0.6) is 0 Å². The molecule has 1 N–H and O–H groups in total. The number of rotatable bonds is 3. The Hall–Kier alpha value is -2.41. The van der Waals surface area contributed by atoms with Gasteiger partial charge in [-0.25, -0.2) is 8.42 Å². The summed E-state index contributed by atoms with van der Waals surface area (Å²) in [6, 6.07) is 7.05. The van der Waals surface area contributed by atoms with Gasteiger partial charge in [0.1, 0.15) is 0 Å². The van der Waals surface area contributed by atoms with Crippen molar-refractivity contribution in [3.8, 4) is 0 Å². The van der Waals surface area contributed by atoms with E-state index in [2.05, 4.69) is 10.3 Å². The molecule has 1 aromatic carbocycles. The van der Waals surface area contributed by atoms with Crippen LogP contribution in [0.25, 0.3) is 0 Å². The first-order chi connectivity index (χ1) is 11.7. The zero-order chi connectivity index (χ0) is 18.4. The second-order valence-corrected chi connectivity index (χ2v) is 8.33. The minimum atomic E-state index is -3.29. The molecule has 0 saturated carbocycles. The molecule has 3 rings (SSSR count). The molecule has 0 unspecified atom stereocenters. The van der Waals surface area contributed by atoms with Gasteiger partial charge < -0.3 is 5.32 Å². The number of anilines is 2. The smallest absolute Gasteiger partial charge is 0.255 e. The predicted molar refractivity (Wildman–Crippen MR) is 98.7 cm³/mol. The summed E-state index contributed by atoms with van der Waals surface area (Å²) in [4.78, 5) is 17.0. The molecule has 0 radical (unpaired) electrons. The molecule has 2 aromatic rings. The molecule has 1 amide bonds. The van der Waals surface area contributed by atoms with Gasteiger partial charge in [-0.3, -0.25) is 14.1 Å². The van der Waals surface area contributed by atoms with Crippen molar-refractivity contribution in [2.45, 2.75) is 27.2 Å². The first kappa shape index (κ1) is 17.4. The van der Waals surface area contributed by atoms with Crippen LogP contribution in [0.3, 0.4) is 0 Å². The third-order valence-electron chi connectivity index (χ3n) is 4.36. The number of nitrogens with one attached hydrogen (secondary N) is 1. The molecular weight excluding hydrogens is 338 g/mol. The van der Waals surface area contributed by atoms with Crippen molar-refractivity contribution < 1.29 is 13.2 Å². The van der Waals surface area contributed by atoms with E-state index in [4.69, 9.17) is 0 Å². The van der Waals surface area contributed by atoms with Crippen LogP contribution in [0.1, 0.15) is 32.9 Å². The highest BCUT2D eigenvalue weighted by atomic mass is 32.2. The van der Waals surface area contributed by atoms with Crippen molar-refractivity contribution >= 4 is 27.3 Å². The molecule has 1 aliphatic heterocycles. The quantitative estimate of drug-likeness (QED) is 0.913. The number of nitrogens with zero attached hydrogens (tertiary/aromatic N) is 2. The molecular formula is C18H21N3O3S. The van der Waals surface area contributed by atoms with Gasteiger partial charge in [-0.2, -0.15) is 0 Å². The number of hydrogen-bond acceptors (Lipinski definition) is 4. The summed E-state index contributed by atoms with van der Waals surface area (Å²) in [5.74, 6) is -0.225. The number of hydrogen-bond donors (Lipinski definition) is 1. The molecule has 0 saturated heterocycles. The average molecular weight is 359 g/mol. The Morgan fingerprint density at radius 3 is 2.56 bits per heavy atom. The highest BCUT2D eigenvalue weighted by molar-refractivity contribution is 7.92. The van der Waals surface area contributed by atoms with Crippen molar-refractivity contribution in [3.05, 3.63) is 52.3 Å². The fourth-order valence-electron chi connectivity index (χ4n) is 3.26. The van der Waals surface area contributed by atoms with Gasteiger partial charge in [0.15, 0.2) is 0 Å². The van der Waals surface area contributed by atoms with Gasteiger partial charge in [-0.1, -0.05) is 0 Å². The van der Waals surface area contributed by atoms with Crippen molar-refractivity contribution in [2.75, 3.05) is 22.4 Å². The van der Waals surface area contributed by atoms with Gasteiger partial charge in [0, 0.05) is 17.8 Å². The Labute approximate surface area is 147 Å². The number of carbonyl (C=O) groups is 1. The van der Waals surface area contributed by atoms with Crippen molar-refractivity contribution in [2.24, 2.45) is 0 Å². The highest BCUT2D eigenvalue weighted by Gasteiger charge is 2.26. The highest BCUT2D eigenvalue weighted by Crippen LogP contribution is 2.31. The van der Waals surface area contributed by atoms with E-state index < -0.39 is 10.0 Å². The van der Waals surface area contributed by atoms with Crippen molar-refractivity contribution in [1.29, 1.82) is 0 Å². The molecule has 132 valence electrons. The van der Waals surface area contributed by atoms with Crippen LogP contribution in [-0.2, 0) is 16.4 Å². The van der Waals surface area contributed by atoms with E-state index in [9.17, 15) is 13.2 Å². The number of pyridine rings is 1. The third kappa shape index (κ3) is 3.37. The maximum absolute atomic E-state index is 12.6. The summed E-state index contributed by atoms with van der Waals surface area (Å²) >= 11 is 0. The van der Waals surface area contributed by atoms with E-state index >= 15 is 0 Å². The Bertz CT molecular complexity index is 945. The van der Waals surface area contributed by atoms with Gasteiger partial charge in [-0.15, -0.1) is 0 Å². The fraction of sp³-hybridized carbons (Fsp3) is 0.333. The maximum Gasteiger partial charge on any atom is 0.255 e. The first-order valence-corrected chi connectivity index (χ1v) is 9.88. The summed E-state index contributed by atoms with van der Waals surface area (Å²) in [6.07, 6.45) is 1.80. The molecule has 0 atom stereocenters. The zero-order valence-corrected chi connectivity index (χ0v) is 15.6. The Kier molecular flexibility index (Phi) is 4.28. The predicted octanol–water partition coefficient (Wildman–Crippen LogP) is 2.58. The topological polar surface area (TPSA) is 79.4 Å². The zero-order valence-electron chi connectivity index (χ0n) is 14.8. The van der Waals surface area contributed by atoms with Crippen LogP contribution in [0, 0.1) is 20.8 Å². The van der Waals surface area contributed by atoms with Gasteiger partial charge in [-0.05, 0) is 62.6 Å². The van der Waals surface area contributed by atoms with Crippen LogP contribution in [0.2, 0.25) is 0 Å². The molecule has 25 heavy (non-hydrogen) atoms. The Morgan fingerprint density at radius 1 is 1.20 bits per heavy atom. The number of carbonyl (C=O) groups excluding carboxylic acids is 1. The number of sulfonamides is 1. The molecule has 1 aromatic heterocycles. The molecule has 0 aliphatic carbocycles. The standard InChI is InChI=1S/C18H21N3O3S/c1-11-9-12(2)19-13(3)17(11)20-18(22)15-5-6-16-14(10-15)7-8-21(16)25(4,23)24/h5-6,9-10H,7-8H2,1-4H3,(H,20,22). The van der Waals surface area contributed by atoms with Crippen LogP contribution in [0.4, 0.5) is 11.4 Å². The summed E-state index contributed by atoms with van der Waals surface area (Å²) in [5.41, 5.74) is 5.39. The summed E-state index contributed by atoms with van der Waals surface area (Å²) in [5, 5.41) is 2.92. The van der Waals surface area contributed by atoms with E-state index in [1.165, 1.54) is 10.6 Å². The monoisotopic (exact) mass is 359 g/mol. The van der Waals surface area contributed by atoms with Crippen LogP contribution < -0.4 is 9.62 Å². The largest absolute Gasteiger partial charge is 0.320 e. The first-order valence-electron chi connectivity index (χ1n) is 8.03. The fourth-order valence-corrected chi connectivity index (χ4v) is 4.21. The van der Waals surface area contributed by atoms with Crippen molar-refractivity contribution in [3.63, 3.8) is 0 Å². The lowest BCUT2D eigenvalue weighted by Gasteiger charge is -2.16. The normalized spacial score (nSPS) is 13.7. The molecule has 0 fully saturated rings. The Balaban J connectivity index is 1.88. The van der Waals surface area contributed by atoms with Gasteiger partial charge >= 0.3 is 0 Å². The molecule has 0 bridgehead atoms. The lowest BCUT2D eigenvalue weighted by molar-refractivity contribution is 0.102. The van der Waals surface area contributed by atoms with Gasteiger partial charge in [0.05, 0.1) is 23.3 Å². The minimum absolute atomic E-state index is 0.225. The second kappa shape index (κ2) is 6.15. The van der Waals surface area contributed by atoms with Gasteiger partial charge in [0.25, 0.3) is 5.91 Å². The SMILES string of the molecule is Cc1cc(C)c(NC(=O)c2ccc3c(c2)CCN3S(C)(=O)=O)c(C)n1. The molecule has 2 heterocycles. The summed E-state index contributed by atoms with van der Waals surface area (Å²) < 4.78 is 25.0. The van der Waals surface area contributed by atoms with Crippen molar-refractivity contribution in [1.82, 2.24) is 4.98 Å². The molecule has 1 aliphatic rings. The van der Waals surface area contributed by atoms with Crippen LogP contribution in [-0.4, -0.2) is 32.1 Å². The lowest BCUT2D eigenvalue weighted by Crippen LogP contribution is -2.27. The number of aryl methyl sites for hydroxylation is 3. The third-order valence-corrected chi connectivity index (χ3v) is 5.54. The van der Waals surface area contributed by atoms with E-state index in [0.717, 1.165) is 22.5 Å². The lowest BCUT2D eigenvalue weighted by atomic mass is 10.1. The van der Waals surface area contributed by atoms with Gasteiger partial charge in [0.2, 0.25) is 10.0 Å². The molecule has 6 nitrogen and oxygen atoms in total. The van der Waals surface area contributed by atoms with Crippen LogP contribution >= 0.6 is 0 Å². The Morgan fingerprint density at radius 2 is 1.92 bits per heavy atom. The summed E-state index contributed by atoms with van der Waals surface area (Å²) in [7, 11) is -3.29. The average Bonchev–Trinajstić information content (AvgIpc) is 2.93. The number of benzene rings is 1. The van der Waals surface area contributed by atoms with E-state index in [1.807, 2.05) is 26.8 Å². The van der Waals surface area contributed by atoms with E-state index in [1.54, 1.807) is 18.2 Å². The number of amides is 1. The second-order valence-electron chi connectivity index (χ2n) is 6.42. The minimum Gasteiger partial charge on any atom is -0.320 e. The number of fused-ring (bicyclic) bond motifs is 1. The summed E-state index contributed by atoms with van der Waals surface area (Å²) in [6.45, 7) is 6.13. The maximum atomic E-state index is 12.6. The van der Waals surface area contributed by atoms with E-state index in [-0.39, 0.29) is 5.91 Å². The molecule has 7 heteroatoms. The number of aromatic nitrogens is 1. The van der Waals surface area contributed by atoms with Crippen LogP contribution in [0.15, 0.2) is 24.3 Å². The molecule has 0 spiro atoms. The van der Waals surface area contributed by atoms with E-state index in [0.29, 0.717) is 29.9 Å².